The first-order valence-electron chi connectivity index (χ1n) is 6.11. The fraction of sp³-hybridized carbons (Fsp3) is 0. The number of H-pyrrole nitrogens is 1. The van der Waals surface area contributed by atoms with Gasteiger partial charge in [0.05, 0.1) is 10.4 Å². The summed E-state index contributed by atoms with van der Waals surface area (Å²) in [5, 5.41) is 0.133. The van der Waals surface area contributed by atoms with E-state index in [1.807, 2.05) is 0 Å². The van der Waals surface area contributed by atoms with Gasteiger partial charge in [-0.2, -0.15) is 0 Å². The monoisotopic (exact) mass is 303 g/mol. The van der Waals surface area contributed by atoms with Crippen LogP contribution < -0.4 is 5.43 Å². The summed E-state index contributed by atoms with van der Waals surface area (Å²) in [6.45, 7) is 0. The molecule has 0 radical (unpaired) electrons. The van der Waals surface area contributed by atoms with Gasteiger partial charge in [-0.3, -0.25) is 4.79 Å². The largest absolute Gasteiger partial charge is 0.360 e. The van der Waals surface area contributed by atoms with Gasteiger partial charge in [-0.1, -0.05) is 18.2 Å². The van der Waals surface area contributed by atoms with E-state index in [4.69, 9.17) is 0 Å². The number of fused-ring (bicyclic) bond motifs is 1. The Balaban J connectivity index is 2.29. The third kappa shape index (κ3) is 2.23. The Hall–Kier alpha value is -2.47. The minimum Gasteiger partial charge on any atom is -0.360 e. The summed E-state index contributed by atoms with van der Waals surface area (Å²) in [7, 11) is -3.91. The highest BCUT2D eigenvalue weighted by Crippen LogP contribution is 2.19. The van der Waals surface area contributed by atoms with Gasteiger partial charge in [0.2, 0.25) is 15.3 Å². The predicted molar refractivity (Wildman–Crippen MR) is 76.4 cm³/mol. The van der Waals surface area contributed by atoms with Crippen molar-refractivity contribution in [2.45, 2.75) is 9.79 Å². The van der Waals surface area contributed by atoms with E-state index in [2.05, 4.69) is 4.98 Å². The lowest BCUT2D eigenvalue weighted by Gasteiger charge is -2.05. The maximum atomic E-state index is 13.1. The fourth-order valence-corrected chi connectivity index (χ4v) is 3.44. The first-order valence-corrected chi connectivity index (χ1v) is 7.59. The molecule has 0 saturated carbocycles. The fourth-order valence-electron chi connectivity index (χ4n) is 2.10. The van der Waals surface area contributed by atoms with E-state index in [-0.39, 0.29) is 20.7 Å². The van der Waals surface area contributed by atoms with Gasteiger partial charge < -0.3 is 4.98 Å². The highest BCUT2D eigenvalue weighted by Gasteiger charge is 2.22. The van der Waals surface area contributed by atoms with Gasteiger partial charge in [-0.05, 0) is 30.3 Å². The first-order chi connectivity index (χ1) is 10.00. The van der Waals surface area contributed by atoms with Gasteiger partial charge in [0.1, 0.15) is 10.7 Å². The molecule has 1 N–H and O–H groups in total. The molecule has 106 valence electrons. The van der Waals surface area contributed by atoms with E-state index >= 15 is 0 Å². The minimum atomic E-state index is -3.91. The van der Waals surface area contributed by atoms with E-state index in [1.165, 1.54) is 18.2 Å². The molecular formula is C15H10FNO3S. The van der Waals surface area contributed by atoms with Crippen molar-refractivity contribution < 1.29 is 12.8 Å². The Kier molecular flexibility index (Phi) is 3.10. The van der Waals surface area contributed by atoms with Crippen molar-refractivity contribution in [1.82, 2.24) is 4.98 Å². The molecule has 6 heteroatoms. The zero-order valence-electron chi connectivity index (χ0n) is 10.7. The van der Waals surface area contributed by atoms with Crippen molar-refractivity contribution in [3.8, 4) is 0 Å². The molecule has 1 aromatic heterocycles. The number of pyridine rings is 1. The number of hydrogen-bond donors (Lipinski definition) is 1. The third-order valence-electron chi connectivity index (χ3n) is 3.15. The van der Waals surface area contributed by atoms with Gasteiger partial charge in [0, 0.05) is 11.6 Å². The molecule has 3 rings (SSSR count). The zero-order chi connectivity index (χ0) is 15.0. The molecule has 0 aliphatic rings. The normalized spacial score (nSPS) is 11.7. The van der Waals surface area contributed by atoms with Gasteiger partial charge in [0.25, 0.3) is 0 Å². The molecule has 4 nitrogen and oxygen atoms in total. The summed E-state index contributed by atoms with van der Waals surface area (Å²) in [5.74, 6) is -0.503. The molecule has 0 aliphatic heterocycles. The number of aromatic nitrogens is 1. The van der Waals surface area contributed by atoms with Crippen LogP contribution in [0.15, 0.2) is 69.3 Å². The van der Waals surface area contributed by atoms with Gasteiger partial charge in [0.15, 0.2) is 0 Å². The van der Waals surface area contributed by atoms with Crippen molar-refractivity contribution in [2.75, 3.05) is 0 Å². The highest BCUT2D eigenvalue weighted by molar-refractivity contribution is 7.91. The highest BCUT2D eigenvalue weighted by atomic mass is 32.2. The Labute approximate surface area is 119 Å². The van der Waals surface area contributed by atoms with Crippen LogP contribution in [0.3, 0.4) is 0 Å². The number of hydrogen-bond acceptors (Lipinski definition) is 3. The van der Waals surface area contributed by atoms with Crippen LogP contribution in [-0.4, -0.2) is 13.4 Å². The molecule has 21 heavy (non-hydrogen) atoms. The van der Waals surface area contributed by atoms with Crippen molar-refractivity contribution in [1.29, 1.82) is 0 Å². The van der Waals surface area contributed by atoms with Crippen molar-refractivity contribution >= 4 is 20.7 Å². The standard InChI is InChI=1S/C15H10FNO3S/c16-10-6-7-12-13(8-10)17-9-14(15(12)18)21(19,20)11-4-2-1-3-5-11/h1-9H,(H,17,18). The average Bonchev–Trinajstić information content (AvgIpc) is 2.48. The molecule has 0 unspecified atom stereocenters. The Morgan fingerprint density at radius 2 is 1.71 bits per heavy atom. The van der Waals surface area contributed by atoms with Crippen LogP contribution in [0.2, 0.25) is 0 Å². The van der Waals surface area contributed by atoms with E-state index in [9.17, 15) is 17.6 Å². The minimum absolute atomic E-state index is 0.0389. The molecular weight excluding hydrogens is 293 g/mol. The Morgan fingerprint density at radius 1 is 1.00 bits per heavy atom. The second kappa shape index (κ2) is 4.82. The number of halogens is 1. The lowest BCUT2D eigenvalue weighted by atomic mass is 10.2. The summed E-state index contributed by atoms with van der Waals surface area (Å²) < 4.78 is 38.1. The van der Waals surface area contributed by atoms with E-state index in [0.29, 0.717) is 0 Å². The average molecular weight is 303 g/mol. The smallest absolute Gasteiger partial charge is 0.211 e. The quantitative estimate of drug-likeness (QED) is 0.791. The first kappa shape index (κ1) is 13.5. The topological polar surface area (TPSA) is 67.0 Å². The number of rotatable bonds is 2. The molecule has 0 fully saturated rings. The van der Waals surface area contributed by atoms with Gasteiger partial charge in [-0.25, -0.2) is 12.8 Å². The second-order valence-corrected chi connectivity index (χ2v) is 6.41. The molecule has 1 heterocycles. The molecule has 0 spiro atoms. The van der Waals surface area contributed by atoms with Crippen LogP contribution in [0.25, 0.3) is 10.9 Å². The molecule has 0 amide bonds. The zero-order valence-corrected chi connectivity index (χ0v) is 11.5. The van der Waals surface area contributed by atoms with Crippen LogP contribution in [0.5, 0.6) is 0 Å². The molecule has 0 atom stereocenters. The van der Waals surface area contributed by atoms with Gasteiger partial charge in [-0.15, -0.1) is 0 Å². The van der Waals surface area contributed by atoms with E-state index < -0.39 is 21.1 Å². The van der Waals surface area contributed by atoms with Crippen LogP contribution in [0, 0.1) is 5.82 Å². The SMILES string of the molecule is O=c1c(S(=O)(=O)c2ccccc2)c[nH]c2cc(F)ccc12. The van der Waals surface area contributed by atoms with Crippen LogP contribution in [0.1, 0.15) is 0 Å². The lowest BCUT2D eigenvalue weighted by molar-refractivity contribution is 0.595. The van der Waals surface area contributed by atoms with Gasteiger partial charge >= 0.3 is 0 Å². The summed E-state index contributed by atoms with van der Waals surface area (Å²) in [5.41, 5.74) is -0.389. The third-order valence-corrected chi connectivity index (χ3v) is 4.93. The van der Waals surface area contributed by atoms with Crippen LogP contribution in [-0.2, 0) is 9.84 Å². The van der Waals surface area contributed by atoms with E-state index in [0.717, 1.165) is 18.3 Å². The van der Waals surface area contributed by atoms with Crippen LogP contribution >= 0.6 is 0 Å². The summed E-state index contributed by atoms with van der Waals surface area (Å²) in [6, 6.07) is 11.2. The maximum Gasteiger partial charge on any atom is 0.211 e. The molecule has 3 aromatic rings. The summed E-state index contributed by atoms with van der Waals surface area (Å²) >= 11 is 0. The molecule has 0 bridgehead atoms. The lowest BCUT2D eigenvalue weighted by Crippen LogP contribution is -2.16. The maximum absolute atomic E-state index is 13.1. The predicted octanol–water partition coefficient (Wildman–Crippen LogP) is 2.50. The molecule has 0 saturated heterocycles. The molecule has 2 aromatic carbocycles. The van der Waals surface area contributed by atoms with E-state index in [1.54, 1.807) is 18.2 Å². The number of benzene rings is 2. The number of aromatic amines is 1. The Morgan fingerprint density at radius 3 is 2.43 bits per heavy atom. The Bertz CT molecular complexity index is 979. The summed E-state index contributed by atoms with van der Waals surface area (Å²) in [6.07, 6.45) is 1.10. The number of sulfone groups is 1. The summed E-state index contributed by atoms with van der Waals surface area (Å²) in [4.78, 5) is 14.7. The number of nitrogens with one attached hydrogen (secondary N) is 1. The van der Waals surface area contributed by atoms with Crippen molar-refractivity contribution in [2.24, 2.45) is 0 Å². The van der Waals surface area contributed by atoms with Crippen LogP contribution in [0.4, 0.5) is 4.39 Å². The molecule has 0 aliphatic carbocycles. The second-order valence-electron chi connectivity index (χ2n) is 4.49. The van der Waals surface area contributed by atoms with Crippen molar-refractivity contribution in [3.63, 3.8) is 0 Å². The van der Waals surface area contributed by atoms with Crippen molar-refractivity contribution in [3.05, 3.63) is 70.8 Å².